The first-order chi connectivity index (χ1) is 18.1. The fourth-order valence-corrected chi connectivity index (χ4v) is 6.60. The highest BCUT2D eigenvalue weighted by Crippen LogP contribution is 2.54. The van der Waals surface area contributed by atoms with E-state index in [0.29, 0.717) is 37.1 Å². The van der Waals surface area contributed by atoms with E-state index in [0.717, 1.165) is 18.5 Å². The lowest BCUT2D eigenvalue weighted by Crippen LogP contribution is -2.44. The standard InChI is InChI=1S/C27H28ClFN6O3/c1-34-15-31-23(24(34)25(36)33-19-2-3-22(29)21(28)8-19)16-6-17-9-26(37,10-18(17)7-16)4-5-27(38)11-20(12-27)35-14-30-13-32-35/h2-3,8,13-18,20,37-38H,6-7,9-12H2,1H3,(H,33,36). The Labute approximate surface area is 224 Å². The molecular weight excluding hydrogens is 511 g/mol. The van der Waals surface area contributed by atoms with Crippen LogP contribution in [0.2, 0.25) is 5.02 Å². The van der Waals surface area contributed by atoms with E-state index in [4.69, 9.17) is 11.6 Å². The first kappa shape index (κ1) is 25.0. The Hall–Kier alpha value is -3.26. The molecule has 2 heterocycles. The van der Waals surface area contributed by atoms with Crippen molar-refractivity contribution < 1.29 is 19.4 Å². The number of aryl methyl sites for hydroxylation is 1. The summed E-state index contributed by atoms with van der Waals surface area (Å²) in [6.07, 6.45) is 8.32. The Morgan fingerprint density at radius 3 is 2.45 bits per heavy atom. The normalized spacial score (nSPS) is 31.8. The first-order valence-electron chi connectivity index (χ1n) is 12.7. The molecule has 1 amide bonds. The maximum atomic E-state index is 13.5. The molecule has 0 saturated heterocycles. The third-order valence-corrected chi connectivity index (χ3v) is 8.56. The van der Waals surface area contributed by atoms with Crippen molar-refractivity contribution in [1.82, 2.24) is 24.3 Å². The highest BCUT2D eigenvalue weighted by molar-refractivity contribution is 6.31. The predicted octanol–water partition coefficient (Wildman–Crippen LogP) is 3.46. The quantitative estimate of drug-likeness (QED) is 0.438. The molecule has 0 bridgehead atoms. The van der Waals surface area contributed by atoms with Gasteiger partial charge in [-0.25, -0.2) is 19.0 Å². The molecule has 3 fully saturated rings. The Bertz CT molecular complexity index is 1420. The maximum absolute atomic E-state index is 13.5. The lowest BCUT2D eigenvalue weighted by atomic mass is 9.75. The zero-order chi connectivity index (χ0) is 26.7. The van der Waals surface area contributed by atoms with E-state index in [9.17, 15) is 19.4 Å². The van der Waals surface area contributed by atoms with E-state index in [1.165, 1.54) is 24.5 Å². The minimum atomic E-state index is -1.12. The van der Waals surface area contributed by atoms with Gasteiger partial charge in [0, 0.05) is 31.5 Å². The van der Waals surface area contributed by atoms with Crippen LogP contribution in [0.25, 0.3) is 0 Å². The Balaban J connectivity index is 1.10. The molecule has 6 rings (SSSR count). The van der Waals surface area contributed by atoms with Crippen molar-refractivity contribution in [2.45, 2.75) is 61.7 Å². The largest absolute Gasteiger partial charge is 0.378 e. The number of rotatable bonds is 4. The minimum absolute atomic E-state index is 0.0633. The van der Waals surface area contributed by atoms with E-state index in [-0.39, 0.29) is 34.7 Å². The van der Waals surface area contributed by atoms with Gasteiger partial charge in [-0.15, -0.1) is 0 Å². The van der Waals surface area contributed by atoms with Gasteiger partial charge in [0.15, 0.2) is 0 Å². The number of fused-ring (bicyclic) bond motifs is 1. The summed E-state index contributed by atoms with van der Waals surface area (Å²) < 4.78 is 16.9. The summed E-state index contributed by atoms with van der Waals surface area (Å²) in [6, 6.07) is 4.12. The number of aliphatic hydroxyl groups is 2. The molecule has 0 aliphatic heterocycles. The number of halogens is 2. The Kier molecular flexibility index (Phi) is 6.05. The average molecular weight is 539 g/mol. The van der Waals surface area contributed by atoms with Gasteiger partial charge in [0.25, 0.3) is 5.91 Å². The van der Waals surface area contributed by atoms with Crippen molar-refractivity contribution in [3.63, 3.8) is 0 Å². The van der Waals surface area contributed by atoms with Gasteiger partial charge in [0.2, 0.25) is 0 Å². The number of carbonyl (C=O) groups is 1. The molecule has 198 valence electrons. The van der Waals surface area contributed by atoms with Crippen molar-refractivity contribution in [1.29, 1.82) is 0 Å². The van der Waals surface area contributed by atoms with Gasteiger partial charge in [0.1, 0.15) is 35.4 Å². The number of imidazole rings is 1. The lowest BCUT2D eigenvalue weighted by molar-refractivity contribution is -0.0209. The summed E-state index contributed by atoms with van der Waals surface area (Å²) in [4.78, 5) is 21.6. The topological polar surface area (TPSA) is 118 Å². The third kappa shape index (κ3) is 4.59. The monoisotopic (exact) mass is 538 g/mol. The van der Waals surface area contributed by atoms with Crippen LogP contribution < -0.4 is 5.32 Å². The van der Waals surface area contributed by atoms with Crippen LogP contribution in [0.4, 0.5) is 10.1 Å². The van der Waals surface area contributed by atoms with Gasteiger partial charge in [-0.3, -0.25) is 4.79 Å². The molecule has 3 aliphatic rings. The summed E-state index contributed by atoms with van der Waals surface area (Å²) >= 11 is 5.86. The number of hydrogen-bond acceptors (Lipinski definition) is 6. The summed E-state index contributed by atoms with van der Waals surface area (Å²) in [5, 5.41) is 28.8. The molecule has 3 aromatic rings. The second kappa shape index (κ2) is 9.19. The van der Waals surface area contributed by atoms with Gasteiger partial charge in [-0.1, -0.05) is 23.4 Å². The molecule has 3 aliphatic carbocycles. The molecule has 9 nitrogen and oxygen atoms in total. The number of nitrogens with zero attached hydrogens (tertiary/aromatic N) is 5. The van der Waals surface area contributed by atoms with E-state index in [1.807, 2.05) is 0 Å². The second-order valence-electron chi connectivity index (χ2n) is 11.0. The first-order valence-corrected chi connectivity index (χ1v) is 13.1. The highest BCUT2D eigenvalue weighted by atomic mass is 35.5. The predicted molar refractivity (Wildman–Crippen MR) is 137 cm³/mol. The molecule has 1 aromatic carbocycles. The fraction of sp³-hybridized carbons (Fsp3) is 0.481. The van der Waals surface area contributed by atoms with Crippen molar-refractivity contribution in [2.24, 2.45) is 18.9 Å². The van der Waals surface area contributed by atoms with E-state index >= 15 is 0 Å². The second-order valence-corrected chi connectivity index (χ2v) is 11.4. The Morgan fingerprint density at radius 2 is 1.82 bits per heavy atom. The number of anilines is 1. The van der Waals surface area contributed by atoms with Crippen LogP contribution in [0, 0.1) is 29.5 Å². The lowest BCUT2D eigenvalue weighted by Gasteiger charge is -2.39. The zero-order valence-corrected chi connectivity index (χ0v) is 21.6. The van der Waals surface area contributed by atoms with E-state index < -0.39 is 17.0 Å². The van der Waals surface area contributed by atoms with Crippen LogP contribution >= 0.6 is 11.6 Å². The Morgan fingerprint density at radius 1 is 1.13 bits per heavy atom. The van der Waals surface area contributed by atoms with Gasteiger partial charge in [-0.2, -0.15) is 5.10 Å². The van der Waals surface area contributed by atoms with Crippen LogP contribution in [-0.2, 0) is 7.05 Å². The number of carbonyl (C=O) groups excluding carboxylic acids is 1. The summed E-state index contributed by atoms with van der Waals surface area (Å²) in [5.74, 6) is 5.67. The van der Waals surface area contributed by atoms with Crippen molar-refractivity contribution in [3.8, 4) is 11.8 Å². The van der Waals surface area contributed by atoms with Crippen molar-refractivity contribution >= 4 is 23.2 Å². The van der Waals surface area contributed by atoms with Gasteiger partial charge < -0.3 is 20.1 Å². The molecule has 3 saturated carbocycles. The number of benzene rings is 1. The van der Waals surface area contributed by atoms with E-state index in [1.54, 1.807) is 29.0 Å². The van der Waals surface area contributed by atoms with Crippen LogP contribution in [0.15, 0.2) is 37.2 Å². The minimum Gasteiger partial charge on any atom is -0.378 e. The molecule has 3 N–H and O–H groups in total. The third-order valence-electron chi connectivity index (χ3n) is 8.27. The van der Waals surface area contributed by atoms with Crippen molar-refractivity contribution in [2.75, 3.05) is 5.32 Å². The number of aromatic nitrogens is 5. The number of nitrogens with one attached hydrogen (secondary N) is 1. The molecule has 0 spiro atoms. The molecule has 11 heteroatoms. The van der Waals surface area contributed by atoms with Crippen LogP contribution in [0.3, 0.4) is 0 Å². The zero-order valence-electron chi connectivity index (χ0n) is 20.8. The van der Waals surface area contributed by atoms with Gasteiger partial charge >= 0.3 is 0 Å². The molecule has 2 unspecified atom stereocenters. The number of amides is 1. The maximum Gasteiger partial charge on any atom is 0.274 e. The molecule has 2 aromatic heterocycles. The summed E-state index contributed by atoms with van der Waals surface area (Å²) in [7, 11) is 1.77. The molecule has 2 atom stereocenters. The fourth-order valence-electron chi connectivity index (χ4n) is 6.42. The smallest absolute Gasteiger partial charge is 0.274 e. The van der Waals surface area contributed by atoms with Crippen LogP contribution in [0.1, 0.15) is 66.7 Å². The van der Waals surface area contributed by atoms with Crippen LogP contribution in [-0.4, -0.2) is 51.6 Å². The number of hydrogen-bond donors (Lipinski definition) is 3. The van der Waals surface area contributed by atoms with Crippen LogP contribution in [0.5, 0.6) is 0 Å². The average Bonchev–Trinajstić information content (AvgIpc) is 3.62. The molecular formula is C27H28ClFN6O3. The summed E-state index contributed by atoms with van der Waals surface area (Å²) in [6.45, 7) is 0. The van der Waals surface area contributed by atoms with Gasteiger partial charge in [0.05, 0.1) is 23.1 Å². The van der Waals surface area contributed by atoms with Crippen molar-refractivity contribution in [3.05, 3.63) is 59.4 Å². The van der Waals surface area contributed by atoms with E-state index in [2.05, 4.69) is 32.2 Å². The molecule has 0 radical (unpaired) electrons. The highest BCUT2D eigenvalue weighted by Gasteiger charge is 2.50. The SMILES string of the molecule is Cn1cnc(C2CC3CC(O)(C#CC4(O)CC(n5cncn5)C4)CC3C2)c1C(=O)Nc1ccc(F)c(Cl)c1. The van der Waals surface area contributed by atoms with Gasteiger partial charge in [-0.05, 0) is 55.7 Å². The molecule has 38 heavy (non-hydrogen) atoms. The summed E-state index contributed by atoms with van der Waals surface area (Å²) in [5.41, 5.74) is -0.649.